The first-order chi connectivity index (χ1) is 21.9. The first kappa shape index (κ1) is 33.6. The summed E-state index contributed by atoms with van der Waals surface area (Å²) in [6.07, 6.45) is -6.21. The smallest absolute Gasteiger partial charge is 0.429 e. The molecular formula is C31H32BrClF3N5O5. The van der Waals surface area contributed by atoms with Crippen LogP contribution in [0.1, 0.15) is 43.4 Å². The van der Waals surface area contributed by atoms with Crippen molar-refractivity contribution in [3.05, 3.63) is 75.2 Å². The van der Waals surface area contributed by atoms with Gasteiger partial charge in [0.05, 0.1) is 6.61 Å². The number of alkyl halides is 3. The second-order valence-corrected chi connectivity index (χ2v) is 12.5. The van der Waals surface area contributed by atoms with Gasteiger partial charge in [-0.25, -0.2) is 9.59 Å². The lowest BCUT2D eigenvalue weighted by Gasteiger charge is -2.39. The van der Waals surface area contributed by atoms with E-state index < -0.39 is 35.8 Å². The largest absolute Gasteiger partial charge is 0.464 e. The van der Waals surface area contributed by atoms with E-state index in [0.717, 1.165) is 5.56 Å². The van der Waals surface area contributed by atoms with Crippen LogP contribution < -0.4 is 15.4 Å². The number of ether oxygens (including phenoxy) is 3. The van der Waals surface area contributed by atoms with E-state index in [1.54, 1.807) is 6.92 Å². The second kappa shape index (κ2) is 13.9. The second-order valence-electron chi connectivity index (χ2n) is 11.3. The highest BCUT2D eigenvalue weighted by Gasteiger charge is 2.51. The van der Waals surface area contributed by atoms with Gasteiger partial charge in [-0.1, -0.05) is 63.9 Å². The zero-order valence-corrected chi connectivity index (χ0v) is 27.1. The minimum absolute atomic E-state index is 0.0657. The average molecular weight is 727 g/mol. The van der Waals surface area contributed by atoms with Crippen molar-refractivity contribution < 1.29 is 37.0 Å². The van der Waals surface area contributed by atoms with Gasteiger partial charge in [-0.3, -0.25) is 4.90 Å². The zero-order valence-electron chi connectivity index (χ0n) is 24.8. The number of hydrogen-bond donors (Lipinski definition) is 1. The number of benzene rings is 2. The molecule has 5 rings (SSSR count). The molecule has 0 aliphatic carbocycles. The number of nitrogens with zero attached hydrogens (tertiary/aromatic N) is 4. The van der Waals surface area contributed by atoms with Crippen LogP contribution in [-0.4, -0.2) is 65.4 Å². The van der Waals surface area contributed by atoms with Crippen LogP contribution in [0.2, 0.25) is 5.02 Å². The predicted octanol–water partition coefficient (Wildman–Crippen LogP) is 6.72. The summed E-state index contributed by atoms with van der Waals surface area (Å²) in [5, 5.41) is 0.260. The van der Waals surface area contributed by atoms with Crippen molar-refractivity contribution >= 4 is 51.4 Å². The van der Waals surface area contributed by atoms with Crippen LogP contribution >= 0.6 is 27.5 Å². The molecule has 0 bridgehead atoms. The summed E-state index contributed by atoms with van der Waals surface area (Å²) >= 11 is 9.06. The Labute approximate surface area is 277 Å². The normalized spacial score (nSPS) is 18.3. The van der Waals surface area contributed by atoms with Gasteiger partial charge < -0.3 is 24.8 Å². The average Bonchev–Trinajstić information content (AvgIpc) is 3.38. The Balaban J connectivity index is 1.29. The third-order valence-corrected chi connectivity index (χ3v) is 9.06. The van der Waals surface area contributed by atoms with E-state index in [1.807, 2.05) is 35.2 Å². The Morgan fingerprint density at radius 1 is 1.11 bits per heavy atom. The number of amides is 1. The van der Waals surface area contributed by atoms with E-state index >= 15 is 0 Å². The van der Waals surface area contributed by atoms with Crippen molar-refractivity contribution in [3.8, 4) is 5.88 Å². The molecule has 2 N–H and O–H groups in total. The molecule has 2 atom stereocenters. The number of halogens is 5. The van der Waals surface area contributed by atoms with Crippen LogP contribution in [-0.2, 0) is 20.9 Å². The summed E-state index contributed by atoms with van der Waals surface area (Å²) in [4.78, 5) is 37.5. The Hall–Kier alpha value is -3.78. The van der Waals surface area contributed by atoms with E-state index in [0.29, 0.717) is 44.7 Å². The van der Waals surface area contributed by atoms with E-state index in [-0.39, 0.29) is 40.1 Å². The van der Waals surface area contributed by atoms with Gasteiger partial charge in [0, 0.05) is 40.8 Å². The van der Waals surface area contributed by atoms with E-state index in [4.69, 9.17) is 31.5 Å². The minimum Gasteiger partial charge on any atom is -0.464 e. The molecule has 0 radical (unpaired) electrons. The van der Waals surface area contributed by atoms with Gasteiger partial charge in [0.2, 0.25) is 17.9 Å². The molecule has 2 aliphatic rings. The van der Waals surface area contributed by atoms with Gasteiger partial charge in [-0.05, 0) is 49.3 Å². The van der Waals surface area contributed by atoms with Gasteiger partial charge in [0.15, 0.2) is 0 Å². The Morgan fingerprint density at radius 2 is 1.83 bits per heavy atom. The molecule has 2 aromatic carbocycles. The van der Waals surface area contributed by atoms with Crippen molar-refractivity contribution in [1.82, 2.24) is 14.9 Å². The molecule has 2 fully saturated rings. The van der Waals surface area contributed by atoms with Crippen LogP contribution in [0, 0.1) is 5.41 Å². The third-order valence-electron chi connectivity index (χ3n) is 8.14. The number of nitrogen functional groups attached to an aromatic ring is 1. The SMILES string of the molecule is CCOC(=O)C1CC2(CCN(c3cc(O[C@@H](c4ccc(Cl)cc4Br)C(F)(F)F)nc(N)n3)CC2)CN1C(=O)OCc1ccccc1. The molecule has 1 unspecified atom stereocenters. The minimum atomic E-state index is -4.78. The van der Waals surface area contributed by atoms with Crippen LogP contribution in [0.3, 0.4) is 0 Å². The van der Waals surface area contributed by atoms with Crippen LogP contribution in [0.5, 0.6) is 5.88 Å². The van der Waals surface area contributed by atoms with Gasteiger partial charge in [-0.15, -0.1) is 0 Å². The summed E-state index contributed by atoms with van der Waals surface area (Å²) in [7, 11) is 0. The maximum Gasteiger partial charge on any atom is 0.429 e. The maximum atomic E-state index is 14.1. The number of likely N-dealkylation sites (tertiary alicyclic amines) is 1. The van der Waals surface area contributed by atoms with Crippen molar-refractivity contribution in [2.24, 2.45) is 5.41 Å². The van der Waals surface area contributed by atoms with Crippen LogP contribution in [0.25, 0.3) is 0 Å². The molecule has 246 valence electrons. The number of piperidine rings is 1. The summed E-state index contributed by atoms with van der Waals surface area (Å²) in [6, 6.07) is 13.7. The van der Waals surface area contributed by atoms with Crippen molar-refractivity contribution in [2.45, 2.75) is 51.1 Å². The van der Waals surface area contributed by atoms with Gasteiger partial charge in [-0.2, -0.15) is 23.1 Å². The quantitative estimate of drug-likeness (QED) is 0.253. The van der Waals surface area contributed by atoms with Crippen molar-refractivity contribution in [3.63, 3.8) is 0 Å². The molecule has 1 spiro atoms. The lowest BCUT2D eigenvalue weighted by molar-refractivity contribution is -0.198. The van der Waals surface area contributed by atoms with Crippen LogP contribution in [0.15, 0.2) is 59.1 Å². The highest BCUT2D eigenvalue weighted by atomic mass is 79.9. The molecule has 1 amide bonds. The summed E-state index contributed by atoms with van der Waals surface area (Å²) in [5.74, 6) is -0.787. The fraction of sp³-hybridized carbons (Fsp3) is 0.419. The number of carbonyl (C=O) groups is 2. The maximum absolute atomic E-state index is 14.1. The number of aromatic nitrogens is 2. The molecule has 46 heavy (non-hydrogen) atoms. The molecule has 3 aromatic rings. The highest BCUT2D eigenvalue weighted by Crippen LogP contribution is 2.45. The summed E-state index contributed by atoms with van der Waals surface area (Å²) in [5.41, 5.74) is 6.15. The number of hydrogen-bond acceptors (Lipinski definition) is 9. The highest BCUT2D eigenvalue weighted by molar-refractivity contribution is 9.10. The zero-order chi connectivity index (χ0) is 33.1. The lowest BCUT2D eigenvalue weighted by atomic mass is 9.76. The van der Waals surface area contributed by atoms with Crippen molar-refractivity contribution in [1.29, 1.82) is 0 Å². The molecule has 3 heterocycles. The monoisotopic (exact) mass is 725 g/mol. The van der Waals surface area contributed by atoms with Crippen molar-refractivity contribution in [2.75, 3.05) is 36.9 Å². The first-order valence-corrected chi connectivity index (χ1v) is 15.8. The van der Waals surface area contributed by atoms with E-state index in [1.165, 1.54) is 29.2 Å². The summed E-state index contributed by atoms with van der Waals surface area (Å²) < 4.78 is 58.7. The van der Waals surface area contributed by atoms with Gasteiger partial charge in [0.1, 0.15) is 18.5 Å². The standard InChI is InChI=1S/C31H32BrClF3N5O5/c1-2-44-27(42)23-16-30(18-41(23)29(43)45-17-19-6-4-3-5-7-19)10-12-40(13-11-30)24-15-25(39-28(37)38-24)46-26(31(34,35)36)21-9-8-20(33)14-22(21)32/h3-9,14-15,23,26H,2,10-13,16-18H2,1H3,(H2,37,38,39)/t23?,26-/m0/s1. The fourth-order valence-corrected chi connectivity index (χ4v) is 6.76. The molecule has 10 nitrogen and oxygen atoms in total. The Bertz CT molecular complexity index is 1560. The Kier molecular flexibility index (Phi) is 10.2. The topological polar surface area (TPSA) is 120 Å². The van der Waals surface area contributed by atoms with Crippen LogP contribution in [0.4, 0.5) is 29.7 Å². The van der Waals surface area contributed by atoms with Gasteiger partial charge in [0.25, 0.3) is 0 Å². The number of nitrogens with two attached hydrogens (primary N) is 1. The molecule has 15 heteroatoms. The molecule has 0 saturated carbocycles. The number of esters is 1. The van der Waals surface area contributed by atoms with Gasteiger partial charge >= 0.3 is 18.2 Å². The molecule has 1 aromatic heterocycles. The molecule has 2 saturated heterocycles. The third kappa shape index (κ3) is 7.77. The number of carbonyl (C=O) groups excluding carboxylic acids is 2. The van der Waals surface area contributed by atoms with E-state index in [9.17, 15) is 22.8 Å². The predicted molar refractivity (Wildman–Crippen MR) is 167 cm³/mol. The lowest BCUT2D eigenvalue weighted by Crippen LogP contribution is -2.43. The van der Waals surface area contributed by atoms with E-state index in [2.05, 4.69) is 25.9 Å². The number of anilines is 2. The molecular weight excluding hydrogens is 695 g/mol. The number of rotatable bonds is 8. The Morgan fingerprint density at radius 3 is 2.48 bits per heavy atom. The fourth-order valence-electron chi connectivity index (χ4n) is 5.87. The summed E-state index contributed by atoms with van der Waals surface area (Å²) in [6.45, 7) is 3.10. The first-order valence-electron chi connectivity index (χ1n) is 14.6. The molecule has 2 aliphatic heterocycles.